The standard InChI is InChI=1S/C16H23N5O3/c1-13(19-20-16(23)14-2-4-17-5-3-14)12-15(22)18-6-7-21-8-10-24-11-9-21/h2-5,12,19H,6-11H2,1H3,(H,18,22)(H,20,23)/b13-12+. The minimum Gasteiger partial charge on any atom is -0.379 e. The third kappa shape index (κ3) is 6.35. The highest BCUT2D eigenvalue weighted by atomic mass is 16.5. The molecule has 24 heavy (non-hydrogen) atoms. The molecular weight excluding hydrogens is 310 g/mol. The number of aromatic nitrogens is 1. The van der Waals surface area contributed by atoms with Crippen molar-refractivity contribution in [2.24, 2.45) is 0 Å². The maximum absolute atomic E-state index is 11.8. The van der Waals surface area contributed by atoms with Crippen LogP contribution in [0.1, 0.15) is 17.3 Å². The van der Waals surface area contributed by atoms with Gasteiger partial charge in [-0.05, 0) is 19.1 Å². The Labute approximate surface area is 141 Å². The van der Waals surface area contributed by atoms with Crippen LogP contribution < -0.4 is 16.2 Å². The number of nitrogens with zero attached hydrogens (tertiary/aromatic N) is 2. The molecule has 0 aliphatic carbocycles. The number of hydrogen-bond donors (Lipinski definition) is 3. The third-order valence-electron chi connectivity index (χ3n) is 3.49. The zero-order valence-electron chi connectivity index (χ0n) is 13.7. The molecule has 1 aliphatic heterocycles. The van der Waals surface area contributed by atoms with Crippen LogP contribution in [0.5, 0.6) is 0 Å². The van der Waals surface area contributed by atoms with Gasteiger partial charge in [0.2, 0.25) is 5.91 Å². The number of ether oxygens (including phenoxy) is 1. The average molecular weight is 333 g/mol. The van der Waals surface area contributed by atoms with Gasteiger partial charge >= 0.3 is 0 Å². The SMILES string of the molecule is C/C(=C\C(=O)NCCN1CCOCC1)NNC(=O)c1ccncc1. The van der Waals surface area contributed by atoms with Crippen molar-refractivity contribution < 1.29 is 14.3 Å². The summed E-state index contributed by atoms with van der Waals surface area (Å²) in [5, 5.41) is 2.82. The lowest BCUT2D eigenvalue weighted by Gasteiger charge is -2.26. The first-order valence-electron chi connectivity index (χ1n) is 7.88. The van der Waals surface area contributed by atoms with Gasteiger partial charge in [0.05, 0.1) is 13.2 Å². The smallest absolute Gasteiger partial charge is 0.269 e. The average Bonchev–Trinajstić information content (AvgIpc) is 2.61. The second-order valence-corrected chi connectivity index (χ2v) is 5.39. The first-order valence-corrected chi connectivity index (χ1v) is 7.88. The van der Waals surface area contributed by atoms with Crippen LogP contribution in [0.15, 0.2) is 36.3 Å². The zero-order valence-corrected chi connectivity index (χ0v) is 13.7. The molecule has 1 aromatic heterocycles. The highest BCUT2D eigenvalue weighted by Gasteiger charge is 2.09. The second kappa shape index (κ2) is 9.64. The highest BCUT2D eigenvalue weighted by Crippen LogP contribution is 1.96. The number of carbonyl (C=O) groups is 2. The summed E-state index contributed by atoms with van der Waals surface area (Å²) in [5.41, 5.74) is 6.26. The summed E-state index contributed by atoms with van der Waals surface area (Å²) in [7, 11) is 0. The van der Waals surface area contributed by atoms with E-state index < -0.39 is 0 Å². The Morgan fingerprint density at radius 3 is 2.67 bits per heavy atom. The van der Waals surface area contributed by atoms with Crippen LogP contribution in [0.3, 0.4) is 0 Å². The van der Waals surface area contributed by atoms with E-state index in [9.17, 15) is 9.59 Å². The van der Waals surface area contributed by atoms with Gasteiger partial charge in [-0.1, -0.05) is 0 Å². The molecule has 1 aliphatic rings. The third-order valence-corrected chi connectivity index (χ3v) is 3.49. The van der Waals surface area contributed by atoms with E-state index in [0.717, 1.165) is 32.8 Å². The zero-order chi connectivity index (χ0) is 17.2. The maximum atomic E-state index is 11.8. The Morgan fingerprint density at radius 2 is 1.96 bits per heavy atom. The van der Waals surface area contributed by atoms with Gasteiger partial charge < -0.3 is 15.5 Å². The van der Waals surface area contributed by atoms with Gasteiger partial charge in [0.1, 0.15) is 0 Å². The number of hydrazine groups is 1. The molecule has 1 saturated heterocycles. The minimum atomic E-state index is -0.294. The fourth-order valence-corrected chi connectivity index (χ4v) is 2.18. The molecule has 2 amide bonds. The van der Waals surface area contributed by atoms with E-state index in [2.05, 4.69) is 26.1 Å². The maximum Gasteiger partial charge on any atom is 0.269 e. The molecule has 0 aromatic carbocycles. The Morgan fingerprint density at radius 1 is 1.25 bits per heavy atom. The van der Waals surface area contributed by atoms with Crippen molar-refractivity contribution in [1.29, 1.82) is 0 Å². The van der Waals surface area contributed by atoms with Crippen LogP contribution in [-0.4, -0.2) is 61.1 Å². The normalized spacial score (nSPS) is 15.6. The summed E-state index contributed by atoms with van der Waals surface area (Å²) >= 11 is 0. The number of pyridine rings is 1. The van der Waals surface area contributed by atoms with Gasteiger partial charge in [-0.15, -0.1) is 0 Å². The molecule has 1 fully saturated rings. The molecule has 2 rings (SSSR count). The first kappa shape index (κ1) is 17.9. The monoisotopic (exact) mass is 333 g/mol. The first-order chi connectivity index (χ1) is 11.6. The Bertz CT molecular complexity index is 570. The summed E-state index contributed by atoms with van der Waals surface area (Å²) in [6, 6.07) is 3.21. The highest BCUT2D eigenvalue weighted by molar-refractivity contribution is 5.93. The van der Waals surface area contributed by atoms with E-state index in [-0.39, 0.29) is 11.8 Å². The summed E-state index contributed by atoms with van der Waals surface area (Å²) in [4.78, 5) is 29.7. The second-order valence-electron chi connectivity index (χ2n) is 5.39. The minimum absolute atomic E-state index is 0.202. The quantitative estimate of drug-likeness (QED) is 0.467. The predicted octanol–water partition coefficient (Wildman–Crippen LogP) is -0.332. The largest absolute Gasteiger partial charge is 0.379 e. The molecule has 1 aromatic rings. The Balaban J connectivity index is 1.66. The fourth-order valence-electron chi connectivity index (χ4n) is 2.18. The van der Waals surface area contributed by atoms with Gasteiger partial charge in [0.15, 0.2) is 0 Å². The van der Waals surface area contributed by atoms with E-state index in [1.807, 2.05) is 0 Å². The number of nitrogens with one attached hydrogen (secondary N) is 3. The van der Waals surface area contributed by atoms with Crippen LogP contribution in [0, 0.1) is 0 Å². The number of hydrogen-bond acceptors (Lipinski definition) is 6. The molecular formula is C16H23N5O3. The van der Waals surface area contributed by atoms with Crippen LogP contribution in [-0.2, 0) is 9.53 Å². The lowest BCUT2D eigenvalue weighted by molar-refractivity contribution is -0.116. The van der Waals surface area contributed by atoms with Crippen molar-refractivity contribution in [3.63, 3.8) is 0 Å². The number of amides is 2. The lowest BCUT2D eigenvalue weighted by Crippen LogP contribution is -2.41. The topological polar surface area (TPSA) is 95.6 Å². The molecule has 0 unspecified atom stereocenters. The number of allylic oxidation sites excluding steroid dienone is 1. The Kier molecular flexibility index (Phi) is 7.19. The van der Waals surface area contributed by atoms with Crippen LogP contribution in [0.2, 0.25) is 0 Å². The predicted molar refractivity (Wildman–Crippen MR) is 88.9 cm³/mol. The number of morpholine rings is 1. The van der Waals surface area contributed by atoms with Gasteiger partial charge in [-0.2, -0.15) is 0 Å². The summed E-state index contributed by atoms with van der Waals surface area (Å²) in [6.45, 7) is 6.36. The summed E-state index contributed by atoms with van der Waals surface area (Å²) < 4.78 is 5.27. The van der Waals surface area contributed by atoms with E-state index in [0.29, 0.717) is 17.8 Å². The van der Waals surface area contributed by atoms with Crippen LogP contribution >= 0.6 is 0 Å². The van der Waals surface area contributed by atoms with Gasteiger partial charge in [-0.3, -0.25) is 24.9 Å². The lowest BCUT2D eigenvalue weighted by atomic mass is 10.2. The molecule has 3 N–H and O–H groups in total. The van der Waals surface area contributed by atoms with Crippen LogP contribution in [0.25, 0.3) is 0 Å². The molecule has 8 nitrogen and oxygen atoms in total. The van der Waals surface area contributed by atoms with Gasteiger partial charge in [0, 0.05) is 55.9 Å². The van der Waals surface area contributed by atoms with Crippen molar-refractivity contribution in [1.82, 2.24) is 26.1 Å². The van der Waals surface area contributed by atoms with Crippen molar-refractivity contribution >= 4 is 11.8 Å². The summed E-state index contributed by atoms with van der Waals surface area (Å²) in [6.07, 6.45) is 4.49. The Hall–Kier alpha value is -2.45. The molecule has 0 bridgehead atoms. The molecule has 8 heteroatoms. The molecule has 2 heterocycles. The van der Waals surface area contributed by atoms with Gasteiger partial charge in [-0.25, -0.2) is 0 Å². The van der Waals surface area contributed by atoms with E-state index >= 15 is 0 Å². The van der Waals surface area contributed by atoms with Crippen LogP contribution in [0.4, 0.5) is 0 Å². The number of carbonyl (C=O) groups excluding carboxylic acids is 2. The van der Waals surface area contributed by atoms with E-state index in [4.69, 9.17) is 4.74 Å². The number of rotatable bonds is 7. The van der Waals surface area contributed by atoms with E-state index in [1.165, 1.54) is 6.08 Å². The summed E-state index contributed by atoms with van der Waals surface area (Å²) in [5.74, 6) is -0.496. The fraction of sp³-hybridized carbons (Fsp3) is 0.438. The van der Waals surface area contributed by atoms with Crippen molar-refractivity contribution in [3.8, 4) is 0 Å². The van der Waals surface area contributed by atoms with Crippen molar-refractivity contribution in [2.45, 2.75) is 6.92 Å². The molecule has 0 radical (unpaired) electrons. The molecule has 0 atom stereocenters. The van der Waals surface area contributed by atoms with Crippen molar-refractivity contribution in [2.75, 3.05) is 39.4 Å². The van der Waals surface area contributed by atoms with E-state index in [1.54, 1.807) is 31.5 Å². The van der Waals surface area contributed by atoms with Crippen molar-refractivity contribution in [3.05, 3.63) is 41.9 Å². The molecule has 130 valence electrons. The molecule has 0 spiro atoms. The molecule has 0 saturated carbocycles. The van der Waals surface area contributed by atoms with Gasteiger partial charge in [0.25, 0.3) is 5.91 Å².